The van der Waals surface area contributed by atoms with Gasteiger partial charge in [0.15, 0.2) is 0 Å². The molecule has 0 saturated heterocycles. The van der Waals surface area contributed by atoms with Gasteiger partial charge in [-0.3, -0.25) is 0 Å². The lowest BCUT2D eigenvalue weighted by Gasteiger charge is -2.22. The lowest BCUT2D eigenvalue weighted by Crippen LogP contribution is -2.45. The van der Waals surface area contributed by atoms with Crippen LogP contribution in [-0.4, -0.2) is 28.5 Å². The van der Waals surface area contributed by atoms with Gasteiger partial charge in [-0.15, -0.1) is 24.6 Å². The first kappa shape index (κ1) is 12.9. The molecule has 0 unspecified atom stereocenters. The smallest absolute Gasteiger partial charge is 0.0851 e. The molecule has 3 heteroatoms. The van der Waals surface area contributed by atoms with Crippen LogP contribution in [-0.2, 0) is 0 Å². The number of hydrogen-bond donors (Lipinski definition) is 1. The zero-order chi connectivity index (χ0) is 10.5. The molecular formula is C10H23NSi2. The minimum absolute atomic E-state index is 1.14. The Morgan fingerprint density at radius 3 is 1.46 bits per heavy atom. The highest BCUT2D eigenvalue weighted by molar-refractivity contribution is 6.83. The highest BCUT2D eigenvalue weighted by Crippen LogP contribution is 2.03. The highest BCUT2D eigenvalue weighted by atomic mass is 28.3. The van der Waals surface area contributed by atoms with Gasteiger partial charge in [-0.2, -0.15) is 0 Å². The van der Waals surface area contributed by atoms with Crippen LogP contribution in [0.15, 0.2) is 24.6 Å². The van der Waals surface area contributed by atoms with Crippen molar-refractivity contribution >= 4 is 16.1 Å². The van der Waals surface area contributed by atoms with Crippen LogP contribution in [0, 0.1) is 0 Å². The van der Waals surface area contributed by atoms with Crippen LogP contribution in [0.2, 0.25) is 26.2 Å². The van der Waals surface area contributed by atoms with Gasteiger partial charge in [-0.1, -0.05) is 26.2 Å². The van der Waals surface area contributed by atoms with Crippen molar-refractivity contribution in [3.8, 4) is 0 Å². The first-order valence-electron chi connectivity index (χ1n) is 4.81. The molecule has 0 rings (SSSR count). The molecule has 0 aliphatic carbocycles. The van der Waals surface area contributed by atoms with Gasteiger partial charge in [0.1, 0.15) is 0 Å². The van der Waals surface area contributed by atoms with E-state index in [1.807, 2.05) is 0 Å². The standard InChI is InChI=1S/C10H23NSi2/c1-7-12(3,4)9-11-10-13(5,6)8-2/h7-8,11H,1-2,9-10H2,3-6H3. The average molecular weight is 213 g/mol. The van der Waals surface area contributed by atoms with E-state index in [4.69, 9.17) is 0 Å². The zero-order valence-electron chi connectivity index (χ0n) is 9.48. The van der Waals surface area contributed by atoms with Crippen molar-refractivity contribution < 1.29 is 0 Å². The molecule has 0 fully saturated rings. The predicted octanol–water partition coefficient (Wildman–Crippen LogP) is 2.52. The summed E-state index contributed by atoms with van der Waals surface area (Å²) < 4.78 is 0. The molecule has 0 atom stereocenters. The molecule has 0 aromatic carbocycles. The normalized spacial score (nSPS) is 12.6. The molecule has 1 nitrogen and oxygen atoms in total. The molecule has 76 valence electrons. The second-order valence-electron chi connectivity index (χ2n) is 4.99. The second kappa shape index (κ2) is 4.93. The SMILES string of the molecule is C=C[Si](C)(C)CNC[Si](C)(C)C=C. The summed E-state index contributed by atoms with van der Waals surface area (Å²) >= 11 is 0. The summed E-state index contributed by atoms with van der Waals surface area (Å²) in [5, 5.41) is 3.55. The summed E-state index contributed by atoms with van der Waals surface area (Å²) in [6.07, 6.45) is 2.28. The third kappa shape index (κ3) is 6.01. The van der Waals surface area contributed by atoms with Gasteiger partial charge in [0.2, 0.25) is 0 Å². The topological polar surface area (TPSA) is 12.0 Å². The molecule has 0 aliphatic rings. The Labute approximate surface area is 85.0 Å². The van der Waals surface area contributed by atoms with Gasteiger partial charge in [0.05, 0.1) is 16.1 Å². The maximum absolute atomic E-state index is 3.88. The van der Waals surface area contributed by atoms with E-state index >= 15 is 0 Å². The molecule has 0 aliphatic heterocycles. The average Bonchev–Trinajstić information content (AvgIpc) is 2.04. The maximum Gasteiger partial charge on any atom is 0.0851 e. The van der Waals surface area contributed by atoms with E-state index in [1.165, 1.54) is 0 Å². The van der Waals surface area contributed by atoms with E-state index in [1.54, 1.807) is 0 Å². The van der Waals surface area contributed by atoms with E-state index in [0.29, 0.717) is 0 Å². The number of nitrogens with one attached hydrogen (secondary N) is 1. The Morgan fingerprint density at radius 2 is 1.23 bits per heavy atom. The third-order valence-electron chi connectivity index (χ3n) is 2.27. The van der Waals surface area contributed by atoms with E-state index in [9.17, 15) is 0 Å². The van der Waals surface area contributed by atoms with Crippen molar-refractivity contribution in [3.05, 3.63) is 24.6 Å². The summed E-state index contributed by atoms with van der Waals surface area (Å²) in [6.45, 7) is 17.1. The summed E-state index contributed by atoms with van der Waals surface area (Å²) in [6, 6.07) is 0. The molecule has 0 radical (unpaired) electrons. The van der Waals surface area contributed by atoms with Crippen LogP contribution in [0.5, 0.6) is 0 Å². The lowest BCUT2D eigenvalue weighted by atomic mass is 11.2. The number of hydrogen-bond acceptors (Lipinski definition) is 1. The molecule has 1 N–H and O–H groups in total. The van der Waals surface area contributed by atoms with Crippen LogP contribution in [0.25, 0.3) is 0 Å². The number of rotatable bonds is 6. The summed E-state index contributed by atoms with van der Waals surface area (Å²) in [5.41, 5.74) is 4.28. The fraction of sp³-hybridized carbons (Fsp3) is 0.600. The van der Waals surface area contributed by atoms with Gasteiger partial charge in [-0.25, -0.2) is 0 Å². The largest absolute Gasteiger partial charge is 0.321 e. The quantitative estimate of drug-likeness (QED) is 0.669. The molecule has 0 bridgehead atoms. The van der Waals surface area contributed by atoms with Crippen molar-refractivity contribution in [2.75, 3.05) is 12.3 Å². The first-order valence-corrected chi connectivity index (χ1v) is 11.4. The fourth-order valence-electron chi connectivity index (χ4n) is 0.851. The summed E-state index contributed by atoms with van der Waals surface area (Å²) in [5.74, 6) is 0. The molecule has 0 spiro atoms. The van der Waals surface area contributed by atoms with Crippen LogP contribution in [0.1, 0.15) is 0 Å². The Kier molecular flexibility index (Phi) is 4.88. The zero-order valence-corrected chi connectivity index (χ0v) is 11.5. The van der Waals surface area contributed by atoms with Crippen LogP contribution in [0.3, 0.4) is 0 Å². The molecule has 0 aromatic heterocycles. The molecule has 0 amide bonds. The van der Waals surface area contributed by atoms with Crippen LogP contribution < -0.4 is 5.32 Å². The minimum atomic E-state index is -1.15. The van der Waals surface area contributed by atoms with Crippen LogP contribution in [0.4, 0.5) is 0 Å². The van der Waals surface area contributed by atoms with Gasteiger partial charge < -0.3 is 5.32 Å². The van der Waals surface area contributed by atoms with Gasteiger partial charge in [0.25, 0.3) is 0 Å². The van der Waals surface area contributed by atoms with Crippen molar-refractivity contribution in [2.45, 2.75) is 26.2 Å². The third-order valence-corrected chi connectivity index (χ3v) is 6.80. The van der Waals surface area contributed by atoms with Gasteiger partial charge in [0, 0.05) is 0 Å². The predicted molar refractivity (Wildman–Crippen MR) is 68.2 cm³/mol. The van der Waals surface area contributed by atoms with Crippen molar-refractivity contribution in [3.63, 3.8) is 0 Å². The second-order valence-corrected chi connectivity index (χ2v) is 14.5. The van der Waals surface area contributed by atoms with E-state index in [-0.39, 0.29) is 0 Å². The van der Waals surface area contributed by atoms with Crippen molar-refractivity contribution in [1.29, 1.82) is 0 Å². The molecular weight excluding hydrogens is 190 g/mol. The Balaban J connectivity index is 3.80. The summed E-state index contributed by atoms with van der Waals surface area (Å²) in [7, 11) is -2.30. The molecule has 0 aromatic rings. The van der Waals surface area contributed by atoms with Gasteiger partial charge in [-0.05, 0) is 12.3 Å². The molecule has 13 heavy (non-hydrogen) atoms. The Bertz CT molecular complexity index is 165. The first-order chi connectivity index (χ1) is 5.83. The van der Waals surface area contributed by atoms with Gasteiger partial charge >= 0.3 is 0 Å². The highest BCUT2D eigenvalue weighted by Gasteiger charge is 2.19. The van der Waals surface area contributed by atoms with Crippen molar-refractivity contribution in [2.24, 2.45) is 0 Å². The van der Waals surface area contributed by atoms with Crippen molar-refractivity contribution in [1.82, 2.24) is 5.32 Å². The minimum Gasteiger partial charge on any atom is -0.321 e. The maximum atomic E-state index is 3.88. The van der Waals surface area contributed by atoms with Crippen LogP contribution >= 0.6 is 0 Å². The molecule has 0 saturated carbocycles. The fourth-order valence-corrected chi connectivity index (χ4v) is 2.93. The lowest BCUT2D eigenvalue weighted by molar-refractivity contribution is 0.893. The Hall–Kier alpha value is -0.126. The van der Waals surface area contributed by atoms with E-state index in [0.717, 1.165) is 12.3 Å². The summed E-state index contributed by atoms with van der Waals surface area (Å²) in [4.78, 5) is 0. The molecule has 0 heterocycles. The van der Waals surface area contributed by atoms with E-state index in [2.05, 4.69) is 56.1 Å². The Morgan fingerprint density at radius 1 is 0.923 bits per heavy atom. The van der Waals surface area contributed by atoms with E-state index < -0.39 is 16.1 Å². The monoisotopic (exact) mass is 213 g/mol.